The van der Waals surface area contributed by atoms with E-state index in [1.807, 2.05) is 0 Å². The summed E-state index contributed by atoms with van der Waals surface area (Å²) in [5.41, 5.74) is 6.55. The van der Waals surface area contributed by atoms with Crippen molar-refractivity contribution >= 4 is 5.82 Å². The number of nitrogens with two attached hydrogens (primary N) is 1. The van der Waals surface area contributed by atoms with Gasteiger partial charge in [0.25, 0.3) is 0 Å². The van der Waals surface area contributed by atoms with Crippen LogP contribution in [-0.4, -0.2) is 40.2 Å². The fraction of sp³-hybridized carbons (Fsp3) is 0.692. The first kappa shape index (κ1) is 11.9. The average molecular weight is 248 g/mol. The van der Waals surface area contributed by atoms with Gasteiger partial charge in [0.1, 0.15) is 5.82 Å². The quantitative estimate of drug-likeness (QED) is 0.852. The number of anilines is 1. The van der Waals surface area contributed by atoms with Gasteiger partial charge >= 0.3 is 0 Å². The Morgan fingerprint density at radius 2 is 2.17 bits per heavy atom. The first-order chi connectivity index (χ1) is 8.83. The molecular formula is C13H20N4O. The van der Waals surface area contributed by atoms with Gasteiger partial charge in [-0.2, -0.15) is 0 Å². The Bertz CT molecular complexity index is 392. The molecule has 2 atom stereocenters. The zero-order chi connectivity index (χ0) is 12.4. The van der Waals surface area contributed by atoms with Crippen LogP contribution in [0.15, 0.2) is 12.4 Å². The van der Waals surface area contributed by atoms with Crippen molar-refractivity contribution < 1.29 is 4.74 Å². The topological polar surface area (TPSA) is 64.3 Å². The van der Waals surface area contributed by atoms with Gasteiger partial charge in [0.15, 0.2) is 0 Å². The number of aromatic nitrogens is 2. The summed E-state index contributed by atoms with van der Waals surface area (Å²) in [5, 5.41) is 0. The van der Waals surface area contributed by atoms with Crippen molar-refractivity contribution in [2.45, 2.75) is 44.4 Å². The lowest BCUT2D eigenvalue weighted by Gasteiger charge is -2.43. The monoisotopic (exact) mass is 248 g/mol. The van der Waals surface area contributed by atoms with Crippen LogP contribution in [0, 0.1) is 0 Å². The predicted molar refractivity (Wildman–Crippen MR) is 68.9 cm³/mol. The van der Waals surface area contributed by atoms with Gasteiger partial charge in [-0.3, -0.25) is 9.88 Å². The van der Waals surface area contributed by atoms with Crippen molar-refractivity contribution in [2.75, 3.05) is 18.9 Å². The van der Waals surface area contributed by atoms with Crippen LogP contribution < -0.4 is 5.73 Å². The Balaban J connectivity index is 1.69. The second kappa shape index (κ2) is 5.20. The Morgan fingerprint density at radius 3 is 3.00 bits per heavy atom. The molecule has 1 aromatic heterocycles. The number of fused-ring (bicyclic) bond motifs is 1. The number of nitrogen functional groups attached to an aromatic ring is 1. The van der Waals surface area contributed by atoms with Gasteiger partial charge in [-0.25, -0.2) is 4.98 Å². The van der Waals surface area contributed by atoms with Crippen LogP contribution in [0.5, 0.6) is 0 Å². The first-order valence-corrected chi connectivity index (χ1v) is 6.75. The van der Waals surface area contributed by atoms with E-state index < -0.39 is 0 Å². The van der Waals surface area contributed by atoms with Crippen LogP contribution >= 0.6 is 0 Å². The number of nitrogens with zero attached hydrogens (tertiary/aromatic N) is 3. The summed E-state index contributed by atoms with van der Waals surface area (Å²) in [6, 6.07) is 0.562. The molecule has 98 valence electrons. The SMILES string of the molecule is Nc1cnc(CN2CCOC3CCCCC32)cn1. The zero-order valence-corrected chi connectivity index (χ0v) is 10.6. The minimum absolute atomic E-state index is 0.425. The van der Waals surface area contributed by atoms with E-state index in [1.165, 1.54) is 25.7 Å². The van der Waals surface area contributed by atoms with E-state index in [0.717, 1.165) is 25.4 Å². The van der Waals surface area contributed by atoms with Crippen LogP contribution in [0.25, 0.3) is 0 Å². The number of hydrogen-bond donors (Lipinski definition) is 1. The molecule has 5 nitrogen and oxygen atoms in total. The second-order valence-corrected chi connectivity index (χ2v) is 5.16. The van der Waals surface area contributed by atoms with Crippen LogP contribution in [-0.2, 0) is 11.3 Å². The number of morpholine rings is 1. The average Bonchev–Trinajstić information content (AvgIpc) is 2.42. The molecule has 2 fully saturated rings. The first-order valence-electron chi connectivity index (χ1n) is 6.75. The summed E-state index contributed by atoms with van der Waals surface area (Å²) in [4.78, 5) is 10.9. The maximum atomic E-state index is 5.87. The predicted octanol–water partition coefficient (Wildman–Crippen LogP) is 1.20. The lowest BCUT2D eigenvalue weighted by molar-refractivity contribution is -0.0914. The Hall–Kier alpha value is -1.20. The van der Waals surface area contributed by atoms with Crippen LogP contribution in [0.2, 0.25) is 0 Å². The highest BCUT2D eigenvalue weighted by atomic mass is 16.5. The van der Waals surface area contributed by atoms with Gasteiger partial charge in [-0.1, -0.05) is 12.8 Å². The molecule has 18 heavy (non-hydrogen) atoms. The summed E-state index contributed by atoms with van der Waals surface area (Å²) >= 11 is 0. The highest BCUT2D eigenvalue weighted by Crippen LogP contribution is 2.29. The van der Waals surface area contributed by atoms with Gasteiger partial charge in [0, 0.05) is 19.1 Å². The van der Waals surface area contributed by atoms with Gasteiger partial charge in [-0.05, 0) is 12.8 Å². The molecule has 1 aliphatic carbocycles. The van der Waals surface area contributed by atoms with E-state index in [4.69, 9.17) is 10.5 Å². The Kier molecular flexibility index (Phi) is 3.43. The maximum Gasteiger partial charge on any atom is 0.141 e. The zero-order valence-electron chi connectivity index (χ0n) is 10.6. The third kappa shape index (κ3) is 2.47. The minimum atomic E-state index is 0.425. The van der Waals surface area contributed by atoms with Gasteiger partial charge in [-0.15, -0.1) is 0 Å². The molecule has 0 spiro atoms. The third-order valence-corrected chi connectivity index (χ3v) is 3.94. The third-order valence-electron chi connectivity index (χ3n) is 3.94. The Labute approximate surface area is 107 Å². The van der Waals surface area contributed by atoms with E-state index in [2.05, 4.69) is 14.9 Å². The van der Waals surface area contributed by atoms with Crippen molar-refractivity contribution in [3.05, 3.63) is 18.1 Å². The summed E-state index contributed by atoms with van der Waals surface area (Å²) in [6.45, 7) is 2.69. The van der Waals surface area contributed by atoms with Gasteiger partial charge in [0.2, 0.25) is 0 Å². The maximum absolute atomic E-state index is 5.87. The van der Waals surface area contributed by atoms with E-state index in [-0.39, 0.29) is 0 Å². The molecule has 0 radical (unpaired) electrons. The number of hydrogen-bond acceptors (Lipinski definition) is 5. The number of ether oxygens (including phenoxy) is 1. The van der Waals surface area contributed by atoms with E-state index >= 15 is 0 Å². The van der Waals surface area contributed by atoms with Crippen molar-refractivity contribution in [2.24, 2.45) is 0 Å². The molecule has 0 amide bonds. The van der Waals surface area contributed by atoms with Crippen LogP contribution in [0.4, 0.5) is 5.82 Å². The van der Waals surface area contributed by atoms with E-state index in [1.54, 1.807) is 12.4 Å². The summed E-state index contributed by atoms with van der Waals surface area (Å²) < 4.78 is 5.87. The van der Waals surface area contributed by atoms with Crippen molar-refractivity contribution in [3.63, 3.8) is 0 Å². The van der Waals surface area contributed by atoms with E-state index in [9.17, 15) is 0 Å². The minimum Gasteiger partial charge on any atom is -0.382 e. The standard InChI is InChI=1S/C13H20N4O/c14-13-8-15-10(7-16-13)9-17-5-6-18-12-4-2-1-3-11(12)17/h7-8,11-12H,1-6,9H2,(H2,14,16). The molecular weight excluding hydrogens is 228 g/mol. The molecule has 5 heteroatoms. The van der Waals surface area contributed by atoms with Crippen LogP contribution in [0.1, 0.15) is 31.4 Å². The summed E-state index contributed by atoms with van der Waals surface area (Å²) in [7, 11) is 0. The van der Waals surface area contributed by atoms with Crippen LogP contribution in [0.3, 0.4) is 0 Å². The van der Waals surface area contributed by atoms with Gasteiger partial charge < -0.3 is 10.5 Å². The molecule has 1 aliphatic heterocycles. The van der Waals surface area contributed by atoms with Crippen molar-refractivity contribution in [3.8, 4) is 0 Å². The Morgan fingerprint density at radius 1 is 1.28 bits per heavy atom. The molecule has 1 aromatic rings. The molecule has 1 saturated heterocycles. The second-order valence-electron chi connectivity index (χ2n) is 5.16. The van der Waals surface area contributed by atoms with Crippen molar-refractivity contribution in [1.82, 2.24) is 14.9 Å². The van der Waals surface area contributed by atoms with Crippen molar-refractivity contribution in [1.29, 1.82) is 0 Å². The largest absolute Gasteiger partial charge is 0.382 e. The normalized spacial score (nSPS) is 28.9. The lowest BCUT2D eigenvalue weighted by Crippen LogP contribution is -2.52. The molecule has 2 aliphatic rings. The molecule has 0 aromatic carbocycles. The van der Waals surface area contributed by atoms with E-state index in [0.29, 0.717) is 18.0 Å². The molecule has 0 bridgehead atoms. The highest BCUT2D eigenvalue weighted by Gasteiger charge is 2.34. The van der Waals surface area contributed by atoms with Gasteiger partial charge in [0.05, 0.1) is 30.8 Å². The summed E-state index contributed by atoms with van der Waals surface area (Å²) in [5.74, 6) is 0.483. The smallest absolute Gasteiger partial charge is 0.141 e. The lowest BCUT2D eigenvalue weighted by atomic mass is 9.90. The summed E-state index contributed by atoms with van der Waals surface area (Å²) in [6.07, 6.45) is 8.90. The fourth-order valence-corrected chi connectivity index (χ4v) is 3.03. The molecule has 2 N–H and O–H groups in total. The molecule has 1 saturated carbocycles. The molecule has 3 rings (SSSR count). The highest BCUT2D eigenvalue weighted by molar-refractivity contribution is 5.22. The molecule has 2 heterocycles. The number of rotatable bonds is 2. The fourth-order valence-electron chi connectivity index (χ4n) is 3.03. The molecule has 2 unspecified atom stereocenters.